The van der Waals surface area contributed by atoms with Gasteiger partial charge in [-0.2, -0.15) is 0 Å². The van der Waals surface area contributed by atoms with Crippen molar-refractivity contribution in [2.45, 2.75) is 78.4 Å². The van der Waals surface area contributed by atoms with E-state index in [0.717, 1.165) is 23.5 Å². The van der Waals surface area contributed by atoms with Crippen molar-refractivity contribution in [2.75, 3.05) is 43.5 Å². The summed E-state index contributed by atoms with van der Waals surface area (Å²) in [5.41, 5.74) is 2.48. The zero-order chi connectivity index (χ0) is 28.5. The van der Waals surface area contributed by atoms with Crippen LogP contribution in [-0.2, 0) is 4.74 Å². The Morgan fingerprint density at radius 1 is 1.21 bits per heavy atom. The summed E-state index contributed by atoms with van der Waals surface area (Å²) in [6, 6.07) is 1.90. The number of methoxy groups -OCH3 is 1. The third kappa shape index (κ3) is 6.15. The number of rotatable bonds is 7. The van der Waals surface area contributed by atoms with Crippen LogP contribution in [0.1, 0.15) is 90.7 Å². The number of hydrogen-bond donors (Lipinski definition) is 1. The highest BCUT2D eigenvalue weighted by Crippen LogP contribution is 2.30. The number of nitrogens with zero attached hydrogens (tertiary/aromatic N) is 5. The van der Waals surface area contributed by atoms with Crippen molar-refractivity contribution >= 4 is 23.5 Å². The van der Waals surface area contributed by atoms with E-state index in [-0.39, 0.29) is 11.8 Å². The lowest BCUT2D eigenvalue weighted by Gasteiger charge is -2.47. The van der Waals surface area contributed by atoms with Gasteiger partial charge in [0.15, 0.2) is 0 Å². The second kappa shape index (κ2) is 11.4. The summed E-state index contributed by atoms with van der Waals surface area (Å²) < 4.78 is 18.5. The molecule has 4 rings (SSSR count). The van der Waals surface area contributed by atoms with Crippen molar-refractivity contribution < 1.29 is 18.7 Å². The molecule has 2 unspecified atom stereocenters. The number of carbonyl (C=O) groups excluding carboxylic acids is 2. The molecule has 212 valence electrons. The number of hydrogen-bond acceptors (Lipinski definition) is 8. The van der Waals surface area contributed by atoms with Crippen molar-refractivity contribution in [3.8, 4) is 0 Å². The molecular weight excluding hydrogens is 499 g/mol. The predicted octanol–water partition coefficient (Wildman–Crippen LogP) is 4.69. The van der Waals surface area contributed by atoms with E-state index in [1.807, 2.05) is 52.5 Å². The van der Waals surface area contributed by atoms with Gasteiger partial charge in [0.1, 0.15) is 23.5 Å². The zero-order valence-electron chi connectivity index (χ0n) is 24.2. The predicted molar refractivity (Wildman–Crippen MR) is 149 cm³/mol. The lowest BCUT2D eigenvalue weighted by atomic mass is 9.97. The molecule has 2 fully saturated rings. The summed E-state index contributed by atoms with van der Waals surface area (Å²) in [6.07, 6.45) is 2.92. The van der Waals surface area contributed by atoms with Gasteiger partial charge in [0.25, 0.3) is 5.91 Å². The van der Waals surface area contributed by atoms with Gasteiger partial charge in [-0.1, -0.05) is 13.8 Å². The molecule has 2 aromatic heterocycles. The van der Waals surface area contributed by atoms with Gasteiger partial charge in [-0.25, -0.2) is 24.1 Å². The number of aromatic nitrogens is 3. The first-order valence-electron chi connectivity index (χ1n) is 13.8. The van der Waals surface area contributed by atoms with Crippen molar-refractivity contribution in [2.24, 2.45) is 5.92 Å². The normalized spacial score (nSPS) is 20.8. The minimum absolute atomic E-state index is 0.0700. The minimum atomic E-state index is -0.709. The molecule has 0 bridgehead atoms. The molecule has 0 radical (unpaired) electrons. The average molecular weight is 541 g/mol. The maximum Gasteiger partial charge on any atom is 0.339 e. The van der Waals surface area contributed by atoms with Gasteiger partial charge < -0.3 is 19.9 Å². The van der Waals surface area contributed by atoms with Crippen LogP contribution in [0.15, 0.2) is 12.3 Å². The third-order valence-corrected chi connectivity index (χ3v) is 7.85. The van der Waals surface area contributed by atoms with Crippen LogP contribution >= 0.6 is 0 Å². The second-order valence-corrected chi connectivity index (χ2v) is 11.7. The van der Waals surface area contributed by atoms with E-state index in [9.17, 15) is 14.0 Å². The molecule has 39 heavy (non-hydrogen) atoms. The topological polar surface area (TPSA) is 101 Å². The van der Waals surface area contributed by atoms with Crippen LogP contribution in [0.3, 0.4) is 0 Å². The Bertz CT molecular complexity index is 1210. The number of aryl methyl sites for hydroxylation is 2. The van der Waals surface area contributed by atoms with E-state index in [2.05, 4.69) is 20.2 Å². The van der Waals surface area contributed by atoms with Crippen LogP contribution in [0.25, 0.3) is 0 Å². The quantitative estimate of drug-likeness (QED) is 0.505. The van der Waals surface area contributed by atoms with Crippen LogP contribution in [0.5, 0.6) is 0 Å². The standard InChI is InChI=1S/C29H41FN6O3/c1-17(2)25-26(31-14-20-8-9-21(30)13-20)32-15-22(34-25)27(37)36-11-10-35(16-29(36,5)6)23-12-18(3)24(19(4)33-23)28(38)39-7/h12,15,17,20-21H,8-11,13-14,16H2,1-7H3,(H,31,32). The summed E-state index contributed by atoms with van der Waals surface area (Å²) in [7, 11) is 1.37. The number of carbonyl (C=O) groups is 2. The number of esters is 1. The molecule has 1 amide bonds. The molecule has 10 heteroatoms. The summed E-state index contributed by atoms with van der Waals surface area (Å²) in [5, 5.41) is 3.36. The number of nitrogens with one attached hydrogen (secondary N) is 1. The first kappa shape index (κ1) is 28.7. The van der Waals surface area contributed by atoms with Crippen LogP contribution < -0.4 is 10.2 Å². The molecule has 1 saturated heterocycles. The highest BCUT2D eigenvalue weighted by molar-refractivity contribution is 5.93. The maximum atomic E-state index is 13.7. The number of ether oxygens (including phenoxy) is 1. The fourth-order valence-corrected chi connectivity index (χ4v) is 5.73. The van der Waals surface area contributed by atoms with Crippen molar-refractivity contribution in [3.63, 3.8) is 0 Å². The molecule has 1 aliphatic heterocycles. The number of halogens is 1. The lowest BCUT2D eigenvalue weighted by Crippen LogP contribution is -2.61. The smallest absolute Gasteiger partial charge is 0.339 e. The fraction of sp³-hybridized carbons (Fsp3) is 0.621. The monoisotopic (exact) mass is 540 g/mol. The largest absolute Gasteiger partial charge is 0.465 e. The average Bonchev–Trinajstić information content (AvgIpc) is 3.30. The van der Waals surface area contributed by atoms with Gasteiger partial charge in [0.05, 0.1) is 35.8 Å². The lowest BCUT2D eigenvalue weighted by molar-refractivity contribution is 0.0505. The highest BCUT2D eigenvalue weighted by atomic mass is 19.1. The van der Waals surface area contributed by atoms with Crippen molar-refractivity contribution in [1.29, 1.82) is 0 Å². The highest BCUT2D eigenvalue weighted by Gasteiger charge is 2.38. The first-order valence-corrected chi connectivity index (χ1v) is 13.8. The Morgan fingerprint density at radius 2 is 1.95 bits per heavy atom. The molecule has 1 saturated carbocycles. The van der Waals surface area contributed by atoms with Crippen molar-refractivity contribution in [3.05, 3.63) is 40.5 Å². The minimum Gasteiger partial charge on any atom is -0.465 e. The van der Waals surface area contributed by atoms with E-state index in [1.54, 1.807) is 6.20 Å². The van der Waals surface area contributed by atoms with E-state index >= 15 is 0 Å². The molecule has 2 atom stereocenters. The van der Waals surface area contributed by atoms with E-state index in [0.29, 0.717) is 67.7 Å². The summed E-state index contributed by atoms with van der Waals surface area (Å²) in [5.74, 6) is 1.25. The second-order valence-electron chi connectivity index (χ2n) is 11.7. The molecule has 2 aromatic rings. The molecule has 0 spiro atoms. The SMILES string of the molecule is COC(=O)c1c(C)cc(N2CCN(C(=O)c3cnc(NCC4CCC(F)C4)c(C(C)C)n3)C(C)(C)C2)nc1C. The Balaban J connectivity index is 1.49. The van der Waals surface area contributed by atoms with Gasteiger partial charge in [0, 0.05) is 26.2 Å². The number of alkyl halides is 1. The van der Waals surface area contributed by atoms with Gasteiger partial charge in [-0.3, -0.25) is 4.79 Å². The molecule has 2 aliphatic rings. The molecule has 1 aliphatic carbocycles. The summed E-state index contributed by atoms with van der Waals surface area (Å²) in [4.78, 5) is 43.8. The van der Waals surface area contributed by atoms with Crippen LogP contribution in [0.4, 0.5) is 16.0 Å². The van der Waals surface area contributed by atoms with Gasteiger partial charge >= 0.3 is 5.97 Å². The molecule has 9 nitrogen and oxygen atoms in total. The zero-order valence-corrected chi connectivity index (χ0v) is 24.2. The Morgan fingerprint density at radius 3 is 2.54 bits per heavy atom. The summed E-state index contributed by atoms with van der Waals surface area (Å²) >= 11 is 0. The molecular formula is C29H41FN6O3. The Labute approximate surface area is 230 Å². The Kier molecular flexibility index (Phi) is 8.42. The van der Waals surface area contributed by atoms with Crippen LogP contribution in [0.2, 0.25) is 0 Å². The number of amides is 1. The van der Waals surface area contributed by atoms with E-state index in [1.165, 1.54) is 7.11 Å². The van der Waals surface area contributed by atoms with Gasteiger partial charge in [0.2, 0.25) is 0 Å². The molecule has 0 aromatic carbocycles. The van der Waals surface area contributed by atoms with Crippen LogP contribution in [0, 0.1) is 19.8 Å². The maximum absolute atomic E-state index is 13.7. The first-order chi connectivity index (χ1) is 18.4. The van der Waals surface area contributed by atoms with Gasteiger partial charge in [-0.05, 0) is 70.4 Å². The Hall–Kier alpha value is -3.30. The van der Waals surface area contributed by atoms with E-state index < -0.39 is 17.7 Å². The summed E-state index contributed by atoms with van der Waals surface area (Å²) in [6.45, 7) is 14.1. The van der Waals surface area contributed by atoms with Crippen molar-refractivity contribution in [1.82, 2.24) is 19.9 Å². The van der Waals surface area contributed by atoms with E-state index in [4.69, 9.17) is 9.72 Å². The number of pyridine rings is 1. The molecule has 3 heterocycles. The third-order valence-electron chi connectivity index (χ3n) is 7.85. The van der Waals surface area contributed by atoms with Crippen LogP contribution in [-0.4, -0.2) is 76.7 Å². The fourth-order valence-electron chi connectivity index (χ4n) is 5.73. The van der Waals surface area contributed by atoms with Gasteiger partial charge in [-0.15, -0.1) is 0 Å². The molecule has 1 N–H and O–H groups in total. The number of piperazine rings is 1. The number of anilines is 2.